The van der Waals surface area contributed by atoms with Crippen molar-refractivity contribution in [3.05, 3.63) is 54.1 Å². The SMILES string of the molecule is COc1ccc(OC)c(C(COc2ccccc2)NN)c1. The molecule has 0 aliphatic rings. The molecular weight excluding hydrogens is 268 g/mol. The lowest BCUT2D eigenvalue weighted by Crippen LogP contribution is -2.32. The van der Waals surface area contributed by atoms with Crippen LogP contribution in [0.2, 0.25) is 0 Å². The Bertz CT molecular complexity index is 561. The van der Waals surface area contributed by atoms with Gasteiger partial charge in [0.05, 0.1) is 20.3 Å². The first-order valence-corrected chi connectivity index (χ1v) is 6.64. The van der Waals surface area contributed by atoms with Crippen LogP contribution in [0.3, 0.4) is 0 Å². The molecule has 1 atom stereocenters. The van der Waals surface area contributed by atoms with Crippen molar-refractivity contribution in [1.82, 2.24) is 5.43 Å². The number of nitrogens with two attached hydrogens (primary N) is 1. The largest absolute Gasteiger partial charge is 0.497 e. The fourth-order valence-corrected chi connectivity index (χ4v) is 2.04. The molecule has 0 bridgehead atoms. The number of hydrogen-bond acceptors (Lipinski definition) is 5. The number of hydrogen-bond donors (Lipinski definition) is 2. The van der Waals surface area contributed by atoms with Gasteiger partial charge in [-0.15, -0.1) is 0 Å². The second kappa shape index (κ2) is 7.52. The first-order valence-electron chi connectivity index (χ1n) is 6.64. The molecule has 0 radical (unpaired) electrons. The Morgan fingerprint density at radius 3 is 2.38 bits per heavy atom. The van der Waals surface area contributed by atoms with Gasteiger partial charge in [0.2, 0.25) is 0 Å². The predicted molar refractivity (Wildman–Crippen MR) is 81.5 cm³/mol. The molecule has 2 aromatic rings. The van der Waals surface area contributed by atoms with Crippen LogP contribution < -0.4 is 25.5 Å². The summed E-state index contributed by atoms with van der Waals surface area (Å²) in [6, 6.07) is 14.9. The number of rotatable bonds is 7. The molecule has 112 valence electrons. The van der Waals surface area contributed by atoms with Crippen LogP contribution in [0.4, 0.5) is 0 Å². The van der Waals surface area contributed by atoms with Crippen LogP contribution in [0.25, 0.3) is 0 Å². The smallest absolute Gasteiger partial charge is 0.124 e. The molecule has 0 saturated carbocycles. The molecule has 21 heavy (non-hydrogen) atoms. The number of nitrogens with one attached hydrogen (secondary N) is 1. The normalized spacial score (nSPS) is 11.8. The van der Waals surface area contributed by atoms with Gasteiger partial charge in [-0.2, -0.15) is 0 Å². The van der Waals surface area contributed by atoms with Gasteiger partial charge in [-0.25, -0.2) is 5.43 Å². The summed E-state index contributed by atoms with van der Waals surface area (Å²) in [6.07, 6.45) is 0. The summed E-state index contributed by atoms with van der Waals surface area (Å²) >= 11 is 0. The summed E-state index contributed by atoms with van der Waals surface area (Å²) in [4.78, 5) is 0. The lowest BCUT2D eigenvalue weighted by Gasteiger charge is -2.20. The number of para-hydroxylation sites is 1. The van der Waals surface area contributed by atoms with E-state index in [1.165, 1.54) is 0 Å². The minimum Gasteiger partial charge on any atom is -0.497 e. The Balaban J connectivity index is 2.16. The molecule has 0 fully saturated rings. The van der Waals surface area contributed by atoms with Gasteiger partial charge in [0.25, 0.3) is 0 Å². The van der Waals surface area contributed by atoms with Crippen LogP contribution >= 0.6 is 0 Å². The van der Waals surface area contributed by atoms with Crippen LogP contribution in [0.5, 0.6) is 17.2 Å². The maximum absolute atomic E-state index is 5.75. The van der Waals surface area contributed by atoms with Crippen molar-refractivity contribution < 1.29 is 14.2 Å². The molecule has 0 heterocycles. The Labute approximate surface area is 124 Å². The molecule has 0 aromatic heterocycles. The van der Waals surface area contributed by atoms with Gasteiger partial charge in [0.1, 0.15) is 23.9 Å². The molecule has 1 unspecified atom stereocenters. The zero-order valence-electron chi connectivity index (χ0n) is 12.2. The van der Waals surface area contributed by atoms with E-state index in [-0.39, 0.29) is 6.04 Å². The van der Waals surface area contributed by atoms with Crippen molar-refractivity contribution in [3.63, 3.8) is 0 Å². The highest BCUT2D eigenvalue weighted by Crippen LogP contribution is 2.29. The maximum atomic E-state index is 5.75. The van der Waals surface area contributed by atoms with Crippen molar-refractivity contribution >= 4 is 0 Å². The van der Waals surface area contributed by atoms with Crippen molar-refractivity contribution in [3.8, 4) is 17.2 Å². The number of hydrazine groups is 1. The summed E-state index contributed by atoms with van der Waals surface area (Å²) < 4.78 is 16.4. The number of methoxy groups -OCH3 is 2. The number of ether oxygens (including phenoxy) is 3. The highest BCUT2D eigenvalue weighted by atomic mass is 16.5. The molecule has 0 aliphatic carbocycles. The molecule has 2 aromatic carbocycles. The fourth-order valence-electron chi connectivity index (χ4n) is 2.04. The monoisotopic (exact) mass is 288 g/mol. The summed E-state index contributed by atoms with van der Waals surface area (Å²) in [5.74, 6) is 7.92. The first kappa shape index (κ1) is 15.2. The Morgan fingerprint density at radius 2 is 1.76 bits per heavy atom. The van der Waals surface area contributed by atoms with Crippen molar-refractivity contribution in [2.45, 2.75) is 6.04 Å². The molecule has 5 nitrogen and oxygen atoms in total. The van der Waals surface area contributed by atoms with Crippen molar-refractivity contribution in [2.75, 3.05) is 20.8 Å². The minimum absolute atomic E-state index is 0.213. The van der Waals surface area contributed by atoms with Crippen LogP contribution in [-0.4, -0.2) is 20.8 Å². The summed E-state index contributed by atoms with van der Waals surface area (Å²) in [6.45, 7) is 0.379. The van der Waals surface area contributed by atoms with E-state index in [4.69, 9.17) is 20.1 Å². The van der Waals surface area contributed by atoms with E-state index in [0.717, 1.165) is 22.8 Å². The van der Waals surface area contributed by atoms with Gasteiger partial charge >= 0.3 is 0 Å². The van der Waals surface area contributed by atoms with E-state index in [2.05, 4.69) is 5.43 Å². The molecule has 3 N–H and O–H groups in total. The maximum Gasteiger partial charge on any atom is 0.124 e. The summed E-state index contributed by atoms with van der Waals surface area (Å²) in [5, 5.41) is 0. The molecule has 0 aliphatic heterocycles. The van der Waals surface area contributed by atoms with Gasteiger partial charge in [0, 0.05) is 5.56 Å². The topological polar surface area (TPSA) is 65.7 Å². The quantitative estimate of drug-likeness (QED) is 0.604. The van der Waals surface area contributed by atoms with Crippen LogP contribution in [0.15, 0.2) is 48.5 Å². The highest BCUT2D eigenvalue weighted by molar-refractivity contribution is 5.42. The second-order valence-electron chi connectivity index (χ2n) is 4.45. The molecule has 0 saturated heterocycles. The van der Waals surface area contributed by atoms with Gasteiger partial charge in [0.15, 0.2) is 0 Å². The molecule has 5 heteroatoms. The predicted octanol–water partition coefficient (Wildman–Crippen LogP) is 2.29. The Kier molecular flexibility index (Phi) is 5.43. The summed E-state index contributed by atoms with van der Waals surface area (Å²) in [7, 11) is 3.24. The standard InChI is InChI=1S/C16H20N2O3/c1-19-13-8-9-16(20-2)14(10-13)15(18-17)11-21-12-6-4-3-5-7-12/h3-10,15,18H,11,17H2,1-2H3. The third-order valence-corrected chi connectivity index (χ3v) is 3.17. The molecular formula is C16H20N2O3. The lowest BCUT2D eigenvalue weighted by molar-refractivity contribution is 0.263. The lowest BCUT2D eigenvalue weighted by atomic mass is 10.1. The van der Waals surface area contributed by atoms with E-state index in [0.29, 0.717) is 6.61 Å². The Morgan fingerprint density at radius 1 is 1.00 bits per heavy atom. The number of benzene rings is 2. The summed E-state index contributed by atoms with van der Waals surface area (Å²) in [5.41, 5.74) is 3.64. The zero-order valence-corrected chi connectivity index (χ0v) is 12.2. The zero-order chi connectivity index (χ0) is 15.1. The average molecular weight is 288 g/mol. The van der Waals surface area contributed by atoms with E-state index in [1.807, 2.05) is 48.5 Å². The van der Waals surface area contributed by atoms with Gasteiger partial charge < -0.3 is 14.2 Å². The van der Waals surface area contributed by atoms with Crippen LogP contribution in [0, 0.1) is 0 Å². The van der Waals surface area contributed by atoms with Gasteiger partial charge in [-0.3, -0.25) is 5.84 Å². The van der Waals surface area contributed by atoms with Crippen LogP contribution in [-0.2, 0) is 0 Å². The van der Waals surface area contributed by atoms with E-state index < -0.39 is 0 Å². The highest BCUT2D eigenvalue weighted by Gasteiger charge is 2.17. The average Bonchev–Trinajstić information content (AvgIpc) is 2.56. The van der Waals surface area contributed by atoms with Crippen molar-refractivity contribution in [2.24, 2.45) is 5.84 Å². The van der Waals surface area contributed by atoms with E-state index >= 15 is 0 Å². The van der Waals surface area contributed by atoms with E-state index in [9.17, 15) is 0 Å². The van der Waals surface area contributed by atoms with Crippen molar-refractivity contribution in [1.29, 1.82) is 0 Å². The molecule has 2 rings (SSSR count). The molecule has 0 amide bonds. The van der Waals surface area contributed by atoms with Crippen LogP contribution in [0.1, 0.15) is 11.6 Å². The van der Waals surface area contributed by atoms with E-state index in [1.54, 1.807) is 14.2 Å². The fraction of sp³-hybridized carbons (Fsp3) is 0.250. The minimum atomic E-state index is -0.213. The molecule has 0 spiro atoms. The first-order chi connectivity index (χ1) is 10.3. The Hall–Kier alpha value is -2.24. The third-order valence-electron chi connectivity index (χ3n) is 3.17. The third kappa shape index (κ3) is 3.87. The van der Waals surface area contributed by atoms with Gasteiger partial charge in [-0.1, -0.05) is 18.2 Å². The van der Waals surface area contributed by atoms with Gasteiger partial charge in [-0.05, 0) is 30.3 Å². The second-order valence-corrected chi connectivity index (χ2v) is 4.45.